The number of aromatic nitrogens is 2. The summed E-state index contributed by atoms with van der Waals surface area (Å²) in [5.41, 5.74) is 2.58. The molecule has 2 aliphatic rings. The van der Waals surface area contributed by atoms with Crippen molar-refractivity contribution < 1.29 is 9.47 Å². The van der Waals surface area contributed by atoms with Crippen LogP contribution in [-0.4, -0.2) is 28.8 Å². The van der Waals surface area contributed by atoms with Gasteiger partial charge in [-0.3, -0.25) is 0 Å². The van der Waals surface area contributed by atoms with Crippen molar-refractivity contribution in [1.82, 2.24) is 9.78 Å². The van der Waals surface area contributed by atoms with Crippen LogP contribution in [0.3, 0.4) is 0 Å². The van der Waals surface area contributed by atoms with Crippen LogP contribution < -0.4 is 0 Å². The molecule has 0 amide bonds. The first kappa shape index (κ1) is 12.1. The molecule has 0 bridgehead atoms. The molecule has 1 aliphatic heterocycles. The lowest BCUT2D eigenvalue weighted by Gasteiger charge is -2.32. The van der Waals surface area contributed by atoms with Crippen LogP contribution in [0.25, 0.3) is 17.1 Å². The number of allylic oxidation sites excluding steroid dienone is 1. The second-order valence-corrected chi connectivity index (χ2v) is 5.54. The molecule has 0 unspecified atom stereocenters. The van der Waals surface area contributed by atoms with E-state index in [0.717, 1.165) is 44.4 Å². The van der Waals surface area contributed by atoms with Gasteiger partial charge in [0, 0.05) is 24.4 Å². The minimum Gasteiger partial charge on any atom is -0.348 e. The number of hydrogen-bond donors (Lipinski definition) is 0. The van der Waals surface area contributed by atoms with Crippen LogP contribution in [0.15, 0.2) is 36.0 Å². The van der Waals surface area contributed by atoms with Gasteiger partial charge >= 0.3 is 0 Å². The fraction of sp³-hybridized carbons (Fsp3) is 0.438. The van der Waals surface area contributed by atoms with Crippen molar-refractivity contribution >= 4 is 17.1 Å². The molecule has 1 saturated carbocycles. The van der Waals surface area contributed by atoms with E-state index in [1.165, 1.54) is 11.0 Å². The van der Waals surface area contributed by atoms with Crippen LogP contribution in [0.2, 0.25) is 0 Å². The van der Waals surface area contributed by atoms with Crippen molar-refractivity contribution in [2.24, 2.45) is 0 Å². The summed E-state index contributed by atoms with van der Waals surface area (Å²) in [5.74, 6) is -0.288. The first-order valence-corrected chi connectivity index (χ1v) is 7.24. The van der Waals surface area contributed by atoms with Gasteiger partial charge in [-0.2, -0.15) is 5.10 Å². The zero-order chi connectivity index (χ0) is 13.4. The summed E-state index contributed by atoms with van der Waals surface area (Å²) in [6.07, 6.45) is 8.04. The van der Waals surface area contributed by atoms with Gasteiger partial charge < -0.3 is 9.47 Å². The maximum Gasteiger partial charge on any atom is 0.169 e. The molecule has 1 aliphatic carbocycles. The summed E-state index contributed by atoms with van der Waals surface area (Å²) in [6, 6.07) is 8.29. The third kappa shape index (κ3) is 2.05. The molecule has 1 spiro atoms. The maximum atomic E-state index is 5.76. The van der Waals surface area contributed by atoms with E-state index in [1.54, 1.807) is 0 Å². The van der Waals surface area contributed by atoms with Crippen LogP contribution in [-0.2, 0) is 9.47 Å². The zero-order valence-electron chi connectivity index (χ0n) is 11.4. The van der Waals surface area contributed by atoms with E-state index < -0.39 is 0 Å². The van der Waals surface area contributed by atoms with E-state index in [9.17, 15) is 0 Å². The standard InChI is InChI=1S/C16H18N2O2/c1-2-4-15-14(3-1)11-17-18(15)12-13-5-7-16(8-6-13)19-9-10-20-16/h1-4,11-12H,5-10H2. The van der Waals surface area contributed by atoms with Gasteiger partial charge in [-0.25, -0.2) is 4.68 Å². The van der Waals surface area contributed by atoms with Crippen molar-refractivity contribution in [1.29, 1.82) is 0 Å². The molecular weight excluding hydrogens is 252 g/mol. The Bertz CT molecular complexity index is 641. The number of rotatable bonds is 1. The highest BCUT2D eigenvalue weighted by atomic mass is 16.7. The van der Waals surface area contributed by atoms with Gasteiger partial charge in [0.05, 0.1) is 24.9 Å². The number of para-hydroxylation sites is 1. The molecule has 4 heteroatoms. The summed E-state index contributed by atoms with van der Waals surface area (Å²) in [6.45, 7) is 1.48. The molecular formula is C16H18N2O2. The van der Waals surface area contributed by atoms with Gasteiger partial charge in [0.1, 0.15) is 0 Å². The van der Waals surface area contributed by atoms with Crippen molar-refractivity contribution in [3.05, 3.63) is 36.0 Å². The lowest BCUT2D eigenvalue weighted by atomic mass is 9.90. The zero-order valence-corrected chi connectivity index (χ0v) is 11.4. The average Bonchev–Trinajstić information content (AvgIpc) is 3.10. The highest BCUT2D eigenvalue weighted by molar-refractivity contribution is 5.80. The Hall–Kier alpha value is -1.65. The molecule has 4 rings (SSSR count). The fourth-order valence-corrected chi connectivity index (χ4v) is 3.13. The Morgan fingerprint density at radius 3 is 2.65 bits per heavy atom. The number of hydrogen-bond acceptors (Lipinski definition) is 3. The maximum absolute atomic E-state index is 5.76. The van der Waals surface area contributed by atoms with Crippen LogP contribution in [0, 0.1) is 0 Å². The third-order valence-electron chi connectivity index (χ3n) is 4.28. The van der Waals surface area contributed by atoms with E-state index in [-0.39, 0.29) is 5.79 Å². The molecule has 2 heterocycles. The van der Waals surface area contributed by atoms with Gasteiger partial charge in [0.15, 0.2) is 5.79 Å². The Morgan fingerprint density at radius 2 is 1.85 bits per heavy atom. The Balaban J connectivity index is 1.56. The van der Waals surface area contributed by atoms with Gasteiger partial charge in [-0.15, -0.1) is 0 Å². The lowest BCUT2D eigenvalue weighted by molar-refractivity contribution is -0.171. The van der Waals surface area contributed by atoms with Crippen LogP contribution in [0.1, 0.15) is 25.7 Å². The van der Waals surface area contributed by atoms with E-state index in [0.29, 0.717) is 0 Å². The largest absolute Gasteiger partial charge is 0.348 e. The molecule has 104 valence electrons. The Morgan fingerprint density at radius 1 is 1.10 bits per heavy atom. The van der Waals surface area contributed by atoms with E-state index >= 15 is 0 Å². The fourth-order valence-electron chi connectivity index (χ4n) is 3.13. The second kappa shape index (κ2) is 4.72. The summed E-state index contributed by atoms with van der Waals surface area (Å²) in [5, 5.41) is 5.64. The van der Waals surface area contributed by atoms with Crippen LogP contribution in [0.4, 0.5) is 0 Å². The molecule has 1 aromatic carbocycles. The van der Waals surface area contributed by atoms with Crippen molar-refractivity contribution in [3.8, 4) is 0 Å². The molecule has 20 heavy (non-hydrogen) atoms. The van der Waals surface area contributed by atoms with Gasteiger partial charge in [-0.05, 0) is 18.9 Å². The van der Waals surface area contributed by atoms with Crippen molar-refractivity contribution in [2.75, 3.05) is 13.2 Å². The first-order chi connectivity index (χ1) is 9.85. The highest BCUT2D eigenvalue weighted by Gasteiger charge is 2.38. The number of nitrogens with zero attached hydrogens (tertiary/aromatic N) is 2. The van der Waals surface area contributed by atoms with Crippen LogP contribution >= 0.6 is 0 Å². The first-order valence-electron chi connectivity index (χ1n) is 7.24. The van der Waals surface area contributed by atoms with Crippen LogP contribution in [0.5, 0.6) is 0 Å². The topological polar surface area (TPSA) is 36.3 Å². The SMILES string of the molecule is C(=C1CCC2(CC1)OCCO2)n1ncc2ccccc21. The molecule has 2 aromatic rings. The summed E-state index contributed by atoms with van der Waals surface area (Å²) in [4.78, 5) is 0. The average molecular weight is 270 g/mol. The lowest BCUT2D eigenvalue weighted by Crippen LogP contribution is -2.33. The molecule has 2 fully saturated rings. The Labute approximate surface area is 118 Å². The monoisotopic (exact) mass is 270 g/mol. The van der Waals surface area contributed by atoms with E-state index in [1.807, 2.05) is 16.9 Å². The van der Waals surface area contributed by atoms with E-state index in [2.05, 4.69) is 29.5 Å². The Kier molecular flexibility index (Phi) is 2.86. The molecule has 0 N–H and O–H groups in total. The smallest absolute Gasteiger partial charge is 0.169 e. The number of benzene rings is 1. The normalized spacial score (nSPS) is 21.7. The quantitative estimate of drug-likeness (QED) is 0.798. The number of fused-ring (bicyclic) bond motifs is 1. The van der Waals surface area contributed by atoms with Crippen molar-refractivity contribution in [2.45, 2.75) is 31.5 Å². The summed E-state index contributed by atoms with van der Waals surface area (Å²) < 4.78 is 13.5. The summed E-state index contributed by atoms with van der Waals surface area (Å²) in [7, 11) is 0. The predicted molar refractivity (Wildman–Crippen MR) is 77.1 cm³/mol. The van der Waals surface area contributed by atoms with Crippen molar-refractivity contribution in [3.63, 3.8) is 0 Å². The molecule has 0 radical (unpaired) electrons. The molecule has 0 atom stereocenters. The third-order valence-corrected chi connectivity index (χ3v) is 4.28. The summed E-state index contributed by atoms with van der Waals surface area (Å²) >= 11 is 0. The molecule has 1 saturated heterocycles. The van der Waals surface area contributed by atoms with E-state index in [4.69, 9.17) is 9.47 Å². The number of ether oxygens (including phenoxy) is 2. The second-order valence-electron chi connectivity index (χ2n) is 5.54. The predicted octanol–water partition coefficient (Wildman–Crippen LogP) is 3.19. The van der Waals surface area contributed by atoms with Gasteiger partial charge in [0.2, 0.25) is 0 Å². The molecule has 4 nitrogen and oxygen atoms in total. The minimum absolute atomic E-state index is 0.288. The minimum atomic E-state index is -0.288. The highest BCUT2D eigenvalue weighted by Crippen LogP contribution is 2.38. The molecule has 1 aromatic heterocycles. The van der Waals surface area contributed by atoms with Gasteiger partial charge in [0.25, 0.3) is 0 Å². The van der Waals surface area contributed by atoms with Gasteiger partial charge in [-0.1, -0.05) is 23.8 Å².